The first-order chi connectivity index (χ1) is 9.60. The second kappa shape index (κ2) is 5.34. The molecule has 2 heterocycles. The van der Waals surface area contributed by atoms with Crippen LogP contribution in [0.2, 0.25) is 0 Å². The fourth-order valence-corrected chi connectivity index (χ4v) is 3.36. The lowest BCUT2D eigenvalue weighted by Gasteiger charge is -2.34. The van der Waals surface area contributed by atoms with Crippen molar-refractivity contribution in [2.75, 3.05) is 13.1 Å². The zero-order valence-corrected chi connectivity index (χ0v) is 13.6. The molecule has 3 nitrogen and oxygen atoms in total. The Morgan fingerprint density at radius 2 is 2.05 bits per heavy atom. The average Bonchev–Trinajstić information content (AvgIpc) is 2.92. The van der Waals surface area contributed by atoms with Crippen LogP contribution in [0.1, 0.15) is 31.0 Å². The minimum atomic E-state index is 0.205. The van der Waals surface area contributed by atoms with Gasteiger partial charge < -0.3 is 9.88 Å². The number of piperidine rings is 1. The lowest BCUT2D eigenvalue weighted by molar-refractivity contribution is 0.324. The fraction of sp³-hybridized carbons (Fsp3) is 0.438. The van der Waals surface area contributed by atoms with E-state index >= 15 is 0 Å². The van der Waals surface area contributed by atoms with Crippen molar-refractivity contribution in [3.05, 3.63) is 46.5 Å². The molecule has 1 N–H and O–H groups in total. The van der Waals surface area contributed by atoms with Crippen LogP contribution >= 0.6 is 15.9 Å². The molecule has 1 aromatic heterocycles. The van der Waals surface area contributed by atoms with E-state index in [0.717, 1.165) is 30.4 Å². The molecular formula is C16H20BrN3. The first-order valence-corrected chi connectivity index (χ1v) is 7.89. The van der Waals surface area contributed by atoms with E-state index in [0.29, 0.717) is 0 Å². The third-order valence-electron chi connectivity index (χ3n) is 4.39. The molecule has 2 aromatic rings. The van der Waals surface area contributed by atoms with Crippen molar-refractivity contribution in [3.63, 3.8) is 0 Å². The van der Waals surface area contributed by atoms with Crippen LogP contribution in [0, 0.1) is 6.92 Å². The summed E-state index contributed by atoms with van der Waals surface area (Å²) in [5.41, 5.74) is 4.01. The number of rotatable bonds is 2. The molecule has 0 radical (unpaired) electrons. The molecule has 0 bridgehead atoms. The maximum atomic E-state index is 4.42. The van der Waals surface area contributed by atoms with Gasteiger partial charge in [0, 0.05) is 21.8 Å². The van der Waals surface area contributed by atoms with E-state index in [1.54, 1.807) is 0 Å². The summed E-state index contributed by atoms with van der Waals surface area (Å²) in [4.78, 5) is 4.42. The fourth-order valence-electron chi connectivity index (χ4n) is 3.01. The predicted octanol–water partition coefficient (Wildman–Crippen LogP) is 3.58. The Kier molecular flexibility index (Phi) is 3.69. The Labute approximate surface area is 128 Å². The molecule has 0 unspecified atom stereocenters. The van der Waals surface area contributed by atoms with Crippen molar-refractivity contribution in [2.45, 2.75) is 32.1 Å². The summed E-state index contributed by atoms with van der Waals surface area (Å²) in [5.74, 6) is 0. The molecular weight excluding hydrogens is 314 g/mol. The van der Waals surface area contributed by atoms with Gasteiger partial charge in [-0.2, -0.15) is 0 Å². The number of benzene rings is 1. The molecule has 106 valence electrons. The molecule has 1 aliphatic rings. The van der Waals surface area contributed by atoms with Crippen molar-refractivity contribution in [1.29, 1.82) is 0 Å². The van der Waals surface area contributed by atoms with Crippen LogP contribution in [0.3, 0.4) is 0 Å². The van der Waals surface area contributed by atoms with Gasteiger partial charge in [0.1, 0.15) is 0 Å². The van der Waals surface area contributed by atoms with Gasteiger partial charge in [0.15, 0.2) is 0 Å². The van der Waals surface area contributed by atoms with Crippen LogP contribution in [0.25, 0.3) is 5.69 Å². The molecule has 4 heteroatoms. The van der Waals surface area contributed by atoms with Crippen LogP contribution in [-0.2, 0) is 5.41 Å². The minimum Gasteiger partial charge on any atom is -0.317 e. The van der Waals surface area contributed by atoms with E-state index in [2.05, 4.69) is 62.8 Å². The molecule has 0 atom stereocenters. The van der Waals surface area contributed by atoms with Gasteiger partial charge in [-0.05, 0) is 50.6 Å². The lowest BCUT2D eigenvalue weighted by atomic mass is 9.78. The number of hydrogen-bond acceptors (Lipinski definition) is 2. The number of imidazole rings is 1. The van der Waals surface area contributed by atoms with Crippen LogP contribution in [-0.4, -0.2) is 22.6 Å². The molecule has 0 amide bonds. The van der Waals surface area contributed by atoms with Gasteiger partial charge >= 0.3 is 0 Å². The Morgan fingerprint density at radius 3 is 2.80 bits per heavy atom. The maximum absolute atomic E-state index is 4.42. The van der Waals surface area contributed by atoms with Crippen molar-refractivity contribution in [3.8, 4) is 5.69 Å². The third-order valence-corrected chi connectivity index (χ3v) is 4.89. The molecule has 1 saturated heterocycles. The average molecular weight is 334 g/mol. The van der Waals surface area contributed by atoms with E-state index in [-0.39, 0.29) is 5.41 Å². The van der Waals surface area contributed by atoms with Gasteiger partial charge in [-0.3, -0.25) is 0 Å². The molecule has 0 saturated carbocycles. The lowest BCUT2D eigenvalue weighted by Crippen LogP contribution is -2.38. The first-order valence-electron chi connectivity index (χ1n) is 7.10. The highest BCUT2D eigenvalue weighted by Crippen LogP contribution is 2.34. The van der Waals surface area contributed by atoms with E-state index in [4.69, 9.17) is 0 Å². The van der Waals surface area contributed by atoms with Gasteiger partial charge in [-0.1, -0.05) is 28.9 Å². The molecule has 3 rings (SSSR count). The molecule has 1 aliphatic heterocycles. The monoisotopic (exact) mass is 333 g/mol. The summed E-state index contributed by atoms with van der Waals surface area (Å²) in [6, 6.07) is 6.40. The summed E-state index contributed by atoms with van der Waals surface area (Å²) >= 11 is 3.57. The summed E-state index contributed by atoms with van der Waals surface area (Å²) in [6.45, 7) is 6.67. The molecule has 0 aliphatic carbocycles. The van der Waals surface area contributed by atoms with Crippen molar-refractivity contribution >= 4 is 15.9 Å². The second-order valence-electron chi connectivity index (χ2n) is 5.89. The highest BCUT2D eigenvalue weighted by Gasteiger charge is 2.32. The number of aromatic nitrogens is 2. The predicted molar refractivity (Wildman–Crippen MR) is 85.5 cm³/mol. The van der Waals surface area contributed by atoms with Crippen LogP contribution in [0.4, 0.5) is 0 Å². The van der Waals surface area contributed by atoms with E-state index in [1.807, 2.05) is 12.5 Å². The number of hydrogen-bond donors (Lipinski definition) is 1. The van der Waals surface area contributed by atoms with Gasteiger partial charge in [0.25, 0.3) is 0 Å². The second-order valence-corrected chi connectivity index (χ2v) is 6.81. The largest absolute Gasteiger partial charge is 0.317 e. The molecule has 1 aromatic carbocycles. The summed E-state index contributed by atoms with van der Waals surface area (Å²) in [7, 11) is 0. The molecule has 20 heavy (non-hydrogen) atoms. The Balaban J connectivity index is 2.08. The van der Waals surface area contributed by atoms with Gasteiger partial charge in [0.05, 0.1) is 12.0 Å². The zero-order valence-electron chi connectivity index (χ0n) is 12.0. The highest BCUT2D eigenvalue weighted by molar-refractivity contribution is 9.10. The normalized spacial score (nSPS) is 18.1. The van der Waals surface area contributed by atoms with Crippen LogP contribution in [0.15, 0.2) is 35.2 Å². The van der Waals surface area contributed by atoms with Crippen molar-refractivity contribution in [1.82, 2.24) is 14.9 Å². The highest BCUT2D eigenvalue weighted by atomic mass is 79.9. The van der Waals surface area contributed by atoms with Gasteiger partial charge in [-0.25, -0.2) is 4.98 Å². The van der Waals surface area contributed by atoms with E-state index < -0.39 is 0 Å². The smallest absolute Gasteiger partial charge is 0.0994 e. The van der Waals surface area contributed by atoms with E-state index in [9.17, 15) is 0 Å². The number of nitrogens with zero attached hydrogens (tertiary/aromatic N) is 2. The van der Waals surface area contributed by atoms with Crippen LogP contribution < -0.4 is 5.32 Å². The van der Waals surface area contributed by atoms with E-state index in [1.165, 1.54) is 16.9 Å². The summed E-state index contributed by atoms with van der Waals surface area (Å²) in [6.07, 6.45) is 6.29. The Bertz CT molecular complexity index is 612. The topological polar surface area (TPSA) is 29.9 Å². The first kappa shape index (κ1) is 13.8. The zero-order chi connectivity index (χ0) is 14.2. The maximum Gasteiger partial charge on any atom is 0.0994 e. The number of nitrogens with one attached hydrogen (secondary N) is 1. The number of halogens is 1. The minimum absolute atomic E-state index is 0.205. The standard InChI is InChI=1S/C16H20BrN3/c1-12-3-4-13(17)9-14(12)20-11-19-10-15(20)16(2)5-7-18-8-6-16/h3-4,9-11,18H,5-8H2,1-2H3. The van der Waals surface area contributed by atoms with Crippen molar-refractivity contribution in [2.24, 2.45) is 0 Å². The third kappa shape index (κ3) is 2.42. The SMILES string of the molecule is Cc1ccc(Br)cc1-n1cncc1C1(C)CCNCC1. The van der Waals surface area contributed by atoms with Crippen LogP contribution in [0.5, 0.6) is 0 Å². The molecule has 1 fully saturated rings. The summed E-state index contributed by atoms with van der Waals surface area (Å²) in [5, 5.41) is 3.44. The Hall–Kier alpha value is -1.13. The van der Waals surface area contributed by atoms with Crippen molar-refractivity contribution < 1.29 is 0 Å². The summed E-state index contributed by atoms with van der Waals surface area (Å²) < 4.78 is 3.36. The number of aryl methyl sites for hydroxylation is 1. The molecule has 0 spiro atoms. The Morgan fingerprint density at radius 1 is 1.30 bits per heavy atom. The van der Waals surface area contributed by atoms with Gasteiger partial charge in [0.2, 0.25) is 0 Å². The van der Waals surface area contributed by atoms with Gasteiger partial charge in [-0.15, -0.1) is 0 Å². The quantitative estimate of drug-likeness (QED) is 0.910.